The largest absolute Gasteiger partial charge is 0.306 e. The molecule has 0 amide bonds. The van der Waals surface area contributed by atoms with Crippen LogP contribution in [-0.2, 0) is 0 Å². The predicted octanol–water partition coefficient (Wildman–Crippen LogP) is 2.39. The number of nitrogens with one attached hydrogen (secondary N) is 1. The summed E-state index contributed by atoms with van der Waals surface area (Å²) in [5, 5.41) is 12.6. The number of nitrogens with zero attached hydrogens (tertiary/aromatic N) is 2. The minimum Gasteiger partial charge on any atom is -0.306 e. The molecule has 17 heavy (non-hydrogen) atoms. The Morgan fingerprint density at radius 3 is 2.59 bits per heavy atom. The van der Waals surface area contributed by atoms with Gasteiger partial charge in [0.1, 0.15) is 5.54 Å². The summed E-state index contributed by atoms with van der Waals surface area (Å²) in [5.74, 6) is 0.955. The van der Waals surface area contributed by atoms with Crippen LogP contribution in [0.4, 0.5) is 0 Å². The van der Waals surface area contributed by atoms with E-state index in [4.69, 9.17) is 0 Å². The molecule has 1 fully saturated rings. The van der Waals surface area contributed by atoms with E-state index < -0.39 is 0 Å². The Bertz CT molecular complexity index is 265. The summed E-state index contributed by atoms with van der Waals surface area (Å²) in [5.41, 5.74) is -0.366. The number of hydrogen-bond donors (Lipinski definition) is 1. The van der Waals surface area contributed by atoms with E-state index in [1.165, 1.54) is 19.4 Å². The smallest absolute Gasteiger partial charge is 0.104 e. The first-order valence-corrected chi connectivity index (χ1v) is 6.82. The molecule has 0 aliphatic heterocycles. The van der Waals surface area contributed by atoms with Gasteiger partial charge in [-0.2, -0.15) is 5.26 Å². The molecule has 1 atom stereocenters. The van der Waals surface area contributed by atoms with Crippen LogP contribution in [-0.4, -0.2) is 36.6 Å². The first-order valence-electron chi connectivity index (χ1n) is 6.82. The highest BCUT2D eigenvalue weighted by Gasteiger charge is 2.25. The van der Waals surface area contributed by atoms with Gasteiger partial charge < -0.3 is 4.90 Å². The molecule has 0 aromatic rings. The SMILES string of the molecule is CC(C)NC(C)(C#N)CCCN(C)CC1CC1. The third kappa shape index (κ3) is 6.05. The molecule has 1 saturated carbocycles. The van der Waals surface area contributed by atoms with Crippen molar-refractivity contribution in [1.82, 2.24) is 10.2 Å². The minimum absolute atomic E-state index is 0.365. The first kappa shape index (κ1) is 14.5. The van der Waals surface area contributed by atoms with Crippen molar-refractivity contribution in [2.24, 2.45) is 5.92 Å². The molecule has 1 aliphatic rings. The van der Waals surface area contributed by atoms with Crippen LogP contribution in [0.3, 0.4) is 0 Å². The maximum atomic E-state index is 9.23. The summed E-state index contributed by atoms with van der Waals surface area (Å²) in [6, 6.07) is 2.77. The number of rotatable bonds is 8. The van der Waals surface area contributed by atoms with Gasteiger partial charge >= 0.3 is 0 Å². The normalized spacial score (nSPS) is 19.4. The Balaban J connectivity index is 2.20. The second kappa shape index (κ2) is 6.37. The van der Waals surface area contributed by atoms with Crippen LogP contribution in [0.5, 0.6) is 0 Å². The van der Waals surface area contributed by atoms with E-state index in [0.717, 1.165) is 25.3 Å². The summed E-state index contributed by atoms with van der Waals surface area (Å²) < 4.78 is 0. The zero-order valence-corrected chi connectivity index (χ0v) is 11.8. The second-order valence-corrected chi connectivity index (χ2v) is 6.05. The molecule has 0 aromatic heterocycles. The molecule has 0 radical (unpaired) electrons. The Hall–Kier alpha value is -0.590. The topological polar surface area (TPSA) is 39.1 Å². The second-order valence-electron chi connectivity index (χ2n) is 6.05. The van der Waals surface area contributed by atoms with E-state index in [9.17, 15) is 5.26 Å². The van der Waals surface area contributed by atoms with Gasteiger partial charge in [-0.05, 0) is 66.0 Å². The van der Waals surface area contributed by atoms with Crippen LogP contribution in [0.15, 0.2) is 0 Å². The molecule has 1 aliphatic carbocycles. The van der Waals surface area contributed by atoms with E-state index in [2.05, 4.69) is 37.2 Å². The van der Waals surface area contributed by atoms with E-state index in [0.29, 0.717) is 6.04 Å². The van der Waals surface area contributed by atoms with Crippen LogP contribution in [0.2, 0.25) is 0 Å². The van der Waals surface area contributed by atoms with Gasteiger partial charge in [0.05, 0.1) is 6.07 Å². The maximum absolute atomic E-state index is 9.23. The fourth-order valence-electron chi connectivity index (χ4n) is 2.33. The first-order chi connectivity index (χ1) is 7.95. The molecule has 0 saturated heterocycles. The van der Waals surface area contributed by atoms with Crippen molar-refractivity contribution < 1.29 is 0 Å². The molecule has 0 aromatic carbocycles. The van der Waals surface area contributed by atoms with Gasteiger partial charge in [0, 0.05) is 12.6 Å². The Labute approximate surface area is 106 Å². The zero-order valence-electron chi connectivity index (χ0n) is 11.8. The predicted molar refractivity (Wildman–Crippen MR) is 71.7 cm³/mol. The van der Waals surface area contributed by atoms with Crippen molar-refractivity contribution in [2.45, 2.75) is 58.0 Å². The van der Waals surface area contributed by atoms with Crippen molar-refractivity contribution in [1.29, 1.82) is 5.26 Å². The van der Waals surface area contributed by atoms with Gasteiger partial charge in [0.15, 0.2) is 0 Å². The third-order valence-corrected chi connectivity index (χ3v) is 3.34. The van der Waals surface area contributed by atoms with E-state index in [-0.39, 0.29) is 5.54 Å². The van der Waals surface area contributed by atoms with Gasteiger partial charge in [-0.1, -0.05) is 0 Å². The molecule has 1 N–H and O–H groups in total. The summed E-state index contributed by atoms with van der Waals surface area (Å²) >= 11 is 0. The van der Waals surface area contributed by atoms with Crippen molar-refractivity contribution >= 4 is 0 Å². The summed E-state index contributed by atoms with van der Waals surface area (Å²) in [4.78, 5) is 2.41. The molecule has 0 bridgehead atoms. The average Bonchev–Trinajstić information content (AvgIpc) is 3.00. The van der Waals surface area contributed by atoms with Gasteiger partial charge in [-0.25, -0.2) is 0 Å². The average molecular weight is 237 g/mol. The number of hydrogen-bond acceptors (Lipinski definition) is 3. The van der Waals surface area contributed by atoms with Gasteiger partial charge in [0.2, 0.25) is 0 Å². The van der Waals surface area contributed by atoms with Crippen molar-refractivity contribution in [3.63, 3.8) is 0 Å². The molecule has 1 unspecified atom stereocenters. The monoisotopic (exact) mass is 237 g/mol. The summed E-state index contributed by atoms with van der Waals surface area (Å²) in [6.07, 6.45) is 4.84. The van der Waals surface area contributed by atoms with Crippen LogP contribution in [0.1, 0.15) is 46.5 Å². The van der Waals surface area contributed by atoms with Crippen molar-refractivity contribution in [3.8, 4) is 6.07 Å². The molecular formula is C14H27N3. The Kier molecular flexibility index (Phi) is 5.42. The minimum atomic E-state index is -0.366. The van der Waals surface area contributed by atoms with Crippen LogP contribution >= 0.6 is 0 Å². The van der Waals surface area contributed by atoms with Crippen molar-refractivity contribution in [3.05, 3.63) is 0 Å². The highest BCUT2D eigenvalue weighted by Crippen LogP contribution is 2.29. The fourth-order valence-corrected chi connectivity index (χ4v) is 2.33. The summed E-state index contributed by atoms with van der Waals surface area (Å²) in [6.45, 7) is 8.53. The molecular weight excluding hydrogens is 210 g/mol. The lowest BCUT2D eigenvalue weighted by molar-refractivity contribution is 0.290. The molecule has 0 spiro atoms. The molecule has 3 nitrogen and oxygen atoms in total. The number of nitriles is 1. The van der Waals surface area contributed by atoms with Crippen molar-refractivity contribution in [2.75, 3.05) is 20.1 Å². The lowest BCUT2D eigenvalue weighted by Gasteiger charge is -2.27. The maximum Gasteiger partial charge on any atom is 0.104 e. The summed E-state index contributed by atoms with van der Waals surface area (Å²) in [7, 11) is 2.19. The quantitative estimate of drug-likeness (QED) is 0.704. The van der Waals surface area contributed by atoms with Crippen LogP contribution in [0, 0.1) is 17.2 Å². The van der Waals surface area contributed by atoms with E-state index in [1.54, 1.807) is 0 Å². The van der Waals surface area contributed by atoms with Gasteiger partial charge in [-0.15, -0.1) is 0 Å². The Morgan fingerprint density at radius 1 is 1.47 bits per heavy atom. The third-order valence-electron chi connectivity index (χ3n) is 3.34. The fraction of sp³-hybridized carbons (Fsp3) is 0.929. The highest BCUT2D eigenvalue weighted by atomic mass is 15.1. The van der Waals surface area contributed by atoms with Gasteiger partial charge in [0.25, 0.3) is 0 Å². The zero-order chi connectivity index (χ0) is 12.9. The standard InChI is InChI=1S/C14H27N3/c1-12(2)16-14(3,11-15)8-5-9-17(4)10-13-6-7-13/h12-13,16H,5-10H2,1-4H3. The lowest BCUT2D eigenvalue weighted by Crippen LogP contribution is -2.45. The van der Waals surface area contributed by atoms with E-state index >= 15 is 0 Å². The van der Waals surface area contributed by atoms with E-state index in [1.807, 2.05) is 6.92 Å². The highest BCUT2D eigenvalue weighted by molar-refractivity contribution is 5.04. The van der Waals surface area contributed by atoms with Gasteiger partial charge in [-0.3, -0.25) is 5.32 Å². The lowest BCUT2D eigenvalue weighted by atomic mass is 9.96. The molecule has 1 rings (SSSR count). The molecule has 98 valence electrons. The molecule has 0 heterocycles. The Morgan fingerprint density at radius 2 is 2.12 bits per heavy atom. The molecule has 3 heteroatoms. The van der Waals surface area contributed by atoms with Crippen LogP contribution < -0.4 is 5.32 Å². The van der Waals surface area contributed by atoms with Crippen LogP contribution in [0.25, 0.3) is 0 Å².